The lowest BCUT2D eigenvalue weighted by Crippen LogP contribution is -2.46. The molecule has 2 aliphatic rings. The number of carbonyl (C=O) groups is 1. The van der Waals surface area contributed by atoms with Crippen LogP contribution in [0.1, 0.15) is 60.3 Å². The molecule has 1 fully saturated rings. The van der Waals surface area contributed by atoms with Gasteiger partial charge in [0.25, 0.3) is 5.91 Å². The lowest BCUT2D eigenvalue weighted by Gasteiger charge is -2.39. The van der Waals surface area contributed by atoms with E-state index in [-0.39, 0.29) is 18.2 Å². The van der Waals surface area contributed by atoms with E-state index in [1.54, 1.807) is 0 Å². The van der Waals surface area contributed by atoms with Crippen LogP contribution >= 0.6 is 0 Å². The molecule has 0 spiro atoms. The molecule has 4 nitrogen and oxygen atoms in total. The van der Waals surface area contributed by atoms with Gasteiger partial charge in [-0.05, 0) is 42.0 Å². The Hall–Kier alpha value is -2.33. The summed E-state index contributed by atoms with van der Waals surface area (Å²) in [5.41, 5.74) is 4.05. The van der Waals surface area contributed by atoms with E-state index in [0.29, 0.717) is 12.5 Å². The van der Waals surface area contributed by atoms with E-state index in [0.717, 1.165) is 36.3 Å². The Labute approximate surface area is 155 Å². The van der Waals surface area contributed by atoms with Crippen LogP contribution in [0.3, 0.4) is 0 Å². The molecule has 1 saturated heterocycles. The molecule has 1 amide bonds. The molecule has 26 heavy (non-hydrogen) atoms. The lowest BCUT2D eigenvalue weighted by molar-refractivity contribution is 0.0427. The fraction of sp³-hybridized carbons (Fsp3) is 0.409. The maximum absolute atomic E-state index is 13.2. The molecule has 0 saturated carbocycles. The van der Waals surface area contributed by atoms with Gasteiger partial charge in [0.15, 0.2) is 0 Å². The number of hydrogen-bond donors (Lipinski definition) is 1. The van der Waals surface area contributed by atoms with Gasteiger partial charge in [0.05, 0.1) is 11.7 Å². The number of anilines is 1. The number of rotatable bonds is 4. The molecule has 1 N–H and O–H groups in total. The second-order valence-corrected chi connectivity index (χ2v) is 7.51. The number of ether oxygens (including phenoxy) is 1. The number of hydrogen-bond acceptors (Lipinski definition) is 3. The average Bonchev–Trinajstić information content (AvgIpc) is 3.17. The average molecular weight is 350 g/mol. The Bertz CT molecular complexity index is 779. The molecule has 136 valence electrons. The summed E-state index contributed by atoms with van der Waals surface area (Å²) in [6, 6.07) is 16.4. The van der Waals surface area contributed by atoms with E-state index in [2.05, 4.69) is 43.4 Å². The molecule has 0 radical (unpaired) electrons. The zero-order valence-corrected chi connectivity index (χ0v) is 15.4. The number of para-hydroxylation sites is 1. The van der Waals surface area contributed by atoms with Crippen LogP contribution in [0, 0.1) is 0 Å². The predicted molar refractivity (Wildman–Crippen MR) is 103 cm³/mol. The van der Waals surface area contributed by atoms with Crippen molar-refractivity contribution in [2.75, 3.05) is 18.5 Å². The maximum atomic E-state index is 13.2. The minimum Gasteiger partial charge on any atom is -0.376 e. The molecule has 2 aromatic rings. The van der Waals surface area contributed by atoms with Gasteiger partial charge in [0, 0.05) is 18.8 Å². The lowest BCUT2D eigenvalue weighted by atomic mass is 9.98. The quantitative estimate of drug-likeness (QED) is 0.879. The van der Waals surface area contributed by atoms with Crippen molar-refractivity contribution in [2.45, 2.75) is 44.9 Å². The zero-order chi connectivity index (χ0) is 18.1. The van der Waals surface area contributed by atoms with Gasteiger partial charge < -0.3 is 15.0 Å². The highest BCUT2D eigenvalue weighted by molar-refractivity contribution is 6.01. The van der Waals surface area contributed by atoms with Crippen molar-refractivity contribution >= 4 is 11.6 Å². The van der Waals surface area contributed by atoms with Crippen LogP contribution in [0.4, 0.5) is 5.69 Å². The third kappa shape index (κ3) is 3.21. The van der Waals surface area contributed by atoms with Crippen molar-refractivity contribution in [3.05, 3.63) is 65.2 Å². The Morgan fingerprint density at radius 3 is 2.62 bits per heavy atom. The highest BCUT2D eigenvalue weighted by Crippen LogP contribution is 2.34. The summed E-state index contributed by atoms with van der Waals surface area (Å²) in [5, 5.41) is 3.57. The van der Waals surface area contributed by atoms with E-state index in [4.69, 9.17) is 4.74 Å². The zero-order valence-electron chi connectivity index (χ0n) is 15.4. The summed E-state index contributed by atoms with van der Waals surface area (Å²) in [6.45, 7) is 5.80. The highest BCUT2D eigenvalue weighted by atomic mass is 16.5. The smallest absolute Gasteiger partial charge is 0.257 e. The Balaban J connectivity index is 1.68. The number of amides is 1. The van der Waals surface area contributed by atoms with Crippen LogP contribution in [0.2, 0.25) is 0 Å². The van der Waals surface area contributed by atoms with Crippen molar-refractivity contribution in [2.24, 2.45) is 0 Å². The molecule has 0 aromatic heterocycles. The number of fused-ring (bicyclic) bond motifs is 1. The first-order valence-corrected chi connectivity index (χ1v) is 9.51. The van der Waals surface area contributed by atoms with Crippen molar-refractivity contribution in [3.8, 4) is 0 Å². The third-order valence-electron chi connectivity index (χ3n) is 5.37. The summed E-state index contributed by atoms with van der Waals surface area (Å²) in [6.07, 6.45) is 2.06. The summed E-state index contributed by atoms with van der Waals surface area (Å²) in [7, 11) is 0. The second kappa shape index (κ2) is 7.12. The first-order valence-electron chi connectivity index (χ1n) is 9.51. The number of benzene rings is 2. The van der Waals surface area contributed by atoms with Gasteiger partial charge in [-0.2, -0.15) is 0 Å². The van der Waals surface area contributed by atoms with Crippen LogP contribution in [0.5, 0.6) is 0 Å². The molecule has 4 rings (SSSR count). The molecule has 4 heteroatoms. The molecule has 2 heterocycles. The van der Waals surface area contributed by atoms with Crippen molar-refractivity contribution in [3.63, 3.8) is 0 Å². The molecule has 0 aliphatic carbocycles. The second-order valence-electron chi connectivity index (χ2n) is 7.51. The largest absolute Gasteiger partial charge is 0.376 e. The minimum atomic E-state index is -0.164. The fourth-order valence-corrected chi connectivity index (χ4v) is 3.82. The normalized spacial score (nSPS) is 22.4. The van der Waals surface area contributed by atoms with Gasteiger partial charge in [0.1, 0.15) is 6.17 Å². The SMILES string of the molecule is CC(C)c1ccc(C2Nc3ccccc3C(=O)N2CC2CCCO2)cc1. The summed E-state index contributed by atoms with van der Waals surface area (Å²) in [5.74, 6) is 0.571. The summed E-state index contributed by atoms with van der Waals surface area (Å²) >= 11 is 0. The van der Waals surface area contributed by atoms with Gasteiger partial charge in [0.2, 0.25) is 0 Å². The maximum Gasteiger partial charge on any atom is 0.257 e. The molecule has 2 aliphatic heterocycles. The minimum absolute atomic E-state index is 0.0767. The van der Waals surface area contributed by atoms with E-state index < -0.39 is 0 Å². The Kier molecular flexibility index (Phi) is 4.68. The van der Waals surface area contributed by atoms with Crippen LogP contribution in [-0.2, 0) is 4.74 Å². The highest BCUT2D eigenvalue weighted by Gasteiger charge is 2.35. The first kappa shape index (κ1) is 17.1. The van der Waals surface area contributed by atoms with E-state index in [1.807, 2.05) is 29.2 Å². The first-order chi connectivity index (χ1) is 12.6. The molecular weight excluding hydrogens is 324 g/mol. The monoisotopic (exact) mass is 350 g/mol. The number of nitrogens with zero attached hydrogens (tertiary/aromatic N) is 1. The Morgan fingerprint density at radius 1 is 1.15 bits per heavy atom. The predicted octanol–water partition coefficient (Wildman–Crippen LogP) is 4.56. The molecule has 2 aromatic carbocycles. The topological polar surface area (TPSA) is 41.6 Å². The van der Waals surface area contributed by atoms with Crippen LogP contribution in [-0.4, -0.2) is 30.1 Å². The summed E-state index contributed by atoms with van der Waals surface area (Å²) < 4.78 is 5.81. The van der Waals surface area contributed by atoms with E-state index in [9.17, 15) is 4.79 Å². The standard InChI is InChI=1S/C22H26N2O2/c1-15(2)16-9-11-17(12-10-16)21-23-20-8-4-3-7-19(20)22(25)24(21)14-18-6-5-13-26-18/h3-4,7-12,15,18,21,23H,5-6,13-14H2,1-2H3. The van der Waals surface area contributed by atoms with Gasteiger partial charge in [-0.25, -0.2) is 0 Å². The number of nitrogens with one attached hydrogen (secondary N) is 1. The van der Waals surface area contributed by atoms with Gasteiger partial charge >= 0.3 is 0 Å². The molecule has 2 unspecified atom stereocenters. The van der Waals surface area contributed by atoms with Crippen LogP contribution in [0.15, 0.2) is 48.5 Å². The van der Waals surface area contributed by atoms with Crippen molar-refractivity contribution in [1.82, 2.24) is 4.90 Å². The Morgan fingerprint density at radius 2 is 1.92 bits per heavy atom. The van der Waals surface area contributed by atoms with Gasteiger partial charge in [-0.3, -0.25) is 4.79 Å². The van der Waals surface area contributed by atoms with Crippen LogP contribution in [0.25, 0.3) is 0 Å². The van der Waals surface area contributed by atoms with Crippen molar-refractivity contribution in [1.29, 1.82) is 0 Å². The molecular formula is C22H26N2O2. The van der Waals surface area contributed by atoms with Gasteiger partial charge in [-0.1, -0.05) is 50.2 Å². The molecule has 0 bridgehead atoms. The van der Waals surface area contributed by atoms with E-state index in [1.165, 1.54) is 5.56 Å². The van der Waals surface area contributed by atoms with Gasteiger partial charge in [-0.15, -0.1) is 0 Å². The fourth-order valence-electron chi connectivity index (χ4n) is 3.82. The van der Waals surface area contributed by atoms with Crippen molar-refractivity contribution < 1.29 is 9.53 Å². The van der Waals surface area contributed by atoms with E-state index >= 15 is 0 Å². The third-order valence-corrected chi connectivity index (χ3v) is 5.37. The van der Waals surface area contributed by atoms with Crippen LogP contribution < -0.4 is 5.32 Å². The summed E-state index contributed by atoms with van der Waals surface area (Å²) in [4.78, 5) is 15.1. The number of carbonyl (C=O) groups excluding carboxylic acids is 1. The molecule has 2 atom stereocenters.